The Morgan fingerprint density at radius 1 is 1.12 bits per heavy atom. The van der Waals surface area contributed by atoms with Crippen LogP contribution in [0.4, 0.5) is 13.2 Å². The van der Waals surface area contributed by atoms with Gasteiger partial charge in [-0.3, -0.25) is 9.88 Å². The predicted octanol–water partition coefficient (Wildman–Crippen LogP) is 3.26. The second-order valence-electron chi connectivity index (χ2n) is 4.98. The molecule has 0 saturated carbocycles. The lowest BCUT2D eigenvalue weighted by Gasteiger charge is -2.23. The largest absolute Gasteiger partial charge is 0.471 e. The van der Waals surface area contributed by atoms with Gasteiger partial charge in [0.05, 0.1) is 0 Å². The van der Waals surface area contributed by atoms with Crippen LogP contribution in [0.25, 0.3) is 0 Å². The molecule has 0 spiro atoms. The van der Waals surface area contributed by atoms with Crippen molar-refractivity contribution in [3.8, 4) is 0 Å². The molecule has 0 unspecified atom stereocenters. The number of alkyl halides is 3. The number of nitrogens with one attached hydrogen (secondary N) is 1. The molecular formula is C10H19F3NO2P. The van der Waals surface area contributed by atoms with E-state index in [0.29, 0.717) is 0 Å². The highest BCUT2D eigenvalue weighted by Gasteiger charge is 2.42. The first kappa shape index (κ1) is 16.5. The maximum absolute atomic E-state index is 12.3. The third-order valence-electron chi connectivity index (χ3n) is 1.88. The molecule has 0 aromatic heterocycles. The van der Waals surface area contributed by atoms with Crippen LogP contribution in [0.1, 0.15) is 27.7 Å². The smallest absolute Gasteiger partial charge is 0.300 e. The minimum atomic E-state index is -4.98. The molecule has 0 aromatic carbocycles. The summed E-state index contributed by atoms with van der Waals surface area (Å²) in [6.45, 7) is 7.03. The van der Waals surface area contributed by atoms with Gasteiger partial charge in [0, 0.05) is 12.3 Å². The Kier molecular flexibility index (Phi) is 5.72. The van der Waals surface area contributed by atoms with Crippen molar-refractivity contribution in [1.29, 1.82) is 0 Å². The van der Waals surface area contributed by atoms with Crippen molar-refractivity contribution in [2.24, 2.45) is 11.8 Å². The summed E-state index contributed by atoms with van der Waals surface area (Å²) in [5.74, 6) is -2.18. The minimum Gasteiger partial charge on any atom is -0.300 e. The van der Waals surface area contributed by atoms with Gasteiger partial charge in [-0.2, -0.15) is 13.2 Å². The summed E-state index contributed by atoms with van der Waals surface area (Å²) < 4.78 is 48.6. The lowest BCUT2D eigenvalue weighted by Crippen LogP contribution is -2.36. The van der Waals surface area contributed by atoms with Gasteiger partial charge in [-0.05, 0) is 11.8 Å². The monoisotopic (exact) mass is 273 g/mol. The van der Waals surface area contributed by atoms with Gasteiger partial charge in [0.2, 0.25) is 0 Å². The van der Waals surface area contributed by atoms with E-state index < -0.39 is 19.4 Å². The maximum atomic E-state index is 12.3. The normalized spacial score (nSPS) is 13.2. The number of rotatable bonds is 5. The minimum absolute atomic E-state index is 0.0342. The fraction of sp³-hybridized carbons (Fsp3) is 0.900. The van der Waals surface area contributed by atoms with E-state index in [9.17, 15) is 22.5 Å². The number of hydrogen-bond donors (Lipinski definition) is 1. The number of carbonyl (C=O) groups excluding carboxylic acids is 1. The molecule has 0 heterocycles. The Labute approximate surface area is 99.6 Å². The summed E-state index contributed by atoms with van der Waals surface area (Å²) in [6.07, 6.45) is -4.80. The molecule has 17 heavy (non-hydrogen) atoms. The van der Waals surface area contributed by atoms with Crippen LogP contribution in [0.15, 0.2) is 0 Å². The van der Waals surface area contributed by atoms with Crippen LogP contribution in [0, 0.1) is 11.8 Å². The molecule has 1 N–H and O–H groups in total. The topological polar surface area (TPSA) is 46.2 Å². The first-order chi connectivity index (χ1) is 7.46. The number of carbonyl (C=O) groups is 1. The Morgan fingerprint density at radius 2 is 1.47 bits per heavy atom. The zero-order valence-electron chi connectivity index (χ0n) is 10.5. The number of amides is 1. The third kappa shape index (κ3) is 6.71. The summed E-state index contributed by atoms with van der Waals surface area (Å²) in [5, 5.41) is 1.69. The van der Waals surface area contributed by atoms with E-state index >= 15 is 0 Å². The van der Waals surface area contributed by atoms with Crippen molar-refractivity contribution in [3.63, 3.8) is 0 Å². The Bertz CT molecular complexity index is 299. The molecular weight excluding hydrogens is 254 g/mol. The van der Waals surface area contributed by atoms with E-state index in [2.05, 4.69) is 0 Å². The molecule has 0 rings (SSSR count). The van der Waals surface area contributed by atoms with Crippen molar-refractivity contribution in [2.45, 2.75) is 33.9 Å². The first-order valence-corrected chi connectivity index (χ1v) is 7.51. The Balaban J connectivity index is 4.83. The number of halogens is 3. The van der Waals surface area contributed by atoms with Gasteiger partial charge in [0.25, 0.3) is 0 Å². The van der Waals surface area contributed by atoms with Crippen LogP contribution in [-0.4, -0.2) is 24.4 Å². The Hall–Kier alpha value is -0.510. The Morgan fingerprint density at radius 3 is 1.71 bits per heavy atom. The predicted molar refractivity (Wildman–Crippen MR) is 61.2 cm³/mol. The fourth-order valence-electron chi connectivity index (χ4n) is 1.59. The molecule has 0 atom stereocenters. The van der Waals surface area contributed by atoms with Crippen molar-refractivity contribution in [1.82, 2.24) is 5.09 Å². The van der Waals surface area contributed by atoms with Crippen molar-refractivity contribution in [2.75, 3.05) is 12.3 Å². The zero-order valence-corrected chi connectivity index (χ0v) is 11.4. The first-order valence-electron chi connectivity index (χ1n) is 5.44. The molecule has 0 radical (unpaired) electrons. The lowest BCUT2D eigenvalue weighted by atomic mass is 10.3. The average molecular weight is 273 g/mol. The van der Waals surface area contributed by atoms with Crippen LogP contribution in [0.3, 0.4) is 0 Å². The van der Waals surface area contributed by atoms with E-state index in [1.807, 2.05) is 0 Å². The summed E-state index contributed by atoms with van der Waals surface area (Å²) in [5.41, 5.74) is 0. The van der Waals surface area contributed by atoms with Gasteiger partial charge in [0.15, 0.2) is 7.29 Å². The van der Waals surface area contributed by atoms with Gasteiger partial charge in [-0.25, -0.2) is 0 Å². The van der Waals surface area contributed by atoms with Crippen molar-refractivity contribution < 1.29 is 22.5 Å². The second-order valence-corrected chi connectivity index (χ2v) is 7.71. The molecule has 0 saturated heterocycles. The van der Waals surface area contributed by atoms with Crippen LogP contribution < -0.4 is 5.09 Å². The van der Waals surface area contributed by atoms with E-state index in [0.717, 1.165) is 0 Å². The van der Waals surface area contributed by atoms with E-state index in [1.165, 1.54) is 0 Å². The lowest BCUT2D eigenvalue weighted by molar-refractivity contribution is -0.171. The molecule has 0 aromatic rings. The van der Waals surface area contributed by atoms with Gasteiger partial charge in [-0.15, -0.1) is 0 Å². The maximum Gasteiger partial charge on any atom is 0.471 e. The molecule has 0 aliphatic carbocycles. The molecule has 0 bridgehead atoms. The third-order valence-corrected chi connectivity index (χ3v) is 5.13. The average Bonchev–Trinajstić information content (AvgIpc) is 1.96. The summed E-state index contributed by atoms with van der Waals surface area (Å²) in [6, 6.07) is 0. The van der Waals surface area contributed by atoms with Crippen LogP contribution >= 0.6 is 7.29 Å². The van der Waals surface area contributed by atoms with Crippen LogP contribution in [0.2, 0.25) is 0 Å². The quantitative estimate of drug-likeness (QED) is 0.781. The molecule has 0 aliphatic rings. The van der Waals surface area contributed by atoms with Crippen molar-refractivity contribution in [3.05, 3.63) is 0 Å². The van der Waals surface area contributed by atoms with Crippen molar-refractivity contribution >= 4 is 13.2 Å². The number of hydrogen-bond acceptors (Lipinski definition) is 2. The fourth-order valence-corrected chi connectivity index (χ4v) is 4.78. The van der Waals surface area contributed by atoms with Gasteiger partial charge in [-0.1, -0.05) is 27.7 Å². The van der Waals surface area contributed by atoms with Gasteiger partial charge < -0.3 is 4.57 Å². The summed E-state index contributed by atoms with van der Waals surface area (Å²) >= 11 is 0. The van der Waals surface area contributed by atoms with Gasteiger partial charge in [0.1, 0.15) is 0 Å². The highest BCUT2D eigenvalue weighted by molar-refractivity contribution is 7.62. The van der Waals surface area contributed by atoms with Crippen LogP contribution in [0.5, 0.6) is 0 Å². The summed E-state index contributed by atoms with van der Waals surface area (Å²) in [4.78, 5) is 10.8. The molecule has 102 valence electrons. The highest BCUT2D eigenvalue weighted by Crippen LogP contribution is 2.45. The second kappa shape index (κ2) is 5.89. The highest BCUT2D eigenvalue weighted by atomic mass is 31.2. The molecule has 3 nitrogen and oxygen atoms in total. The van der Waals surface area contributed by atoms with E-state index in [-0.39, 0.29) is 24.2 Å². The summed E-state index contributed by atoms with van der Waals surface area (Å²) in [7, 11) is -3.30. The van der Waals surface area contributed by atoms with E-state index in [4.69, 9.17) is 0 Å². The van der Waals surface area contributed by atoms with E-state index in [1.54, 1.807) is 32.8 Å². The van der Waals surface area contributed by atoms with Gasteiger partial charge >= 0.3 is 12.1 Å². The SMILES string of the molecule is CC(C)CP(=O)(CC(C)C)NC(=O)C(F)(F)F. The molecule has 7 heteroatoms. The molecule has 0 aliphatic heterocycles. The standard InChI is InChI=1S/C10H19F3NO2P/c1-7(2)5-17(16,6-8(3)4)14-9(15)10(11,12)13/h7-8H,5-6H2,1-4H3,(H,14,15,16). The zero-order chi connectivity index (χ0) is 13.9. The molecule has 0 fully saturated rings. The van der Waals surface area contributed by atoms with Crippen LogP contribution in [-0.2, 0) is 9.36 Å². The molecule has 1 amide bonds.